The normalized spacial score (nSPS) is 20.5. The van der Waals surface area contributed by atoms with Gasteiger partial charge in [0.25, 0.3) is 10.1 Å². The van der Waals surface area contributed by atoms with Gasteiger partial charge in [0.1, 0.15) is 36.8 Å². The van der Waals surface area contributed by atoms with Crippen molar-refractivity contribution in [3.63, 3.8) is 0 Å². The Morgan fingerprint density at radius 2 is 1.02 bits per heavy atom. The lowest BCUT2D eigenvalue weighted by Crippen LogP contribution is -2.60. The lowest BCUT2D eigenvalue weighted by Gasteiger charge is -2.40. The fraction of sp³-hybridized carbons (Fsp3) is 0.714. The monoisotopic (exact) mass is 895 g/mol. The molecule has 1 fully saturated rings. The molecule has 0 aromatic carbocycles. The molecule has 2 unspecified atom stereocenters. The van der Waals surface area contributed by atoms with Crippen molar-refractivity contribution in [3.05, 3.63) is 72.9 Å². The molecule has 12 nitrogen and oxygen atoms in total. The standard InChI is InChI=1S/C49H82O12S/c1-3-5-7-9-11-13-15-17-19-20-21-22-24-25-27-29-31-33-35-37-44(50)58-39-42(40-59-49-48(54)47(53)46(52)43(61-49)41-62(55,56)57)60-45(51)38-36-34-32-30-28-26-23-18-16-14-12-10-8-6-4-2/h5,7,11,13,17,19,21-22,25,27,31,33,42-43,46-49,52-54H,3-4,6,8-10,12,14-16,18,20,23-24,26,28-30,32,34-41H2,1-2H3,(H,55,56,57)/b7-5+,13-11+,19-17+,22-21+,27-25+,33-31+/t42-,43-,46-,47?,48?,49+/m1/s1. The first-order valence-electron chi connectivity index (χ1n) is 23.5. The number of hydrogen-bond donors (Lipinski definition) is 4. The molecular formula is C49H82O12S. The second-order valence-corrected chi connectivity index (χ2v) is 17.5. The van der Waals surface area contributed by atoms with Gasteiger partial charge in [0.05, 0.1) is 6.61 Å². The summed E-state index contributed by atoms with van der Waals surface area (Å²) >= 11 is 0. The van der Waals surface area contributed by atoms with Gasteiger partial charge in [-0.05, 0) is 51.4 Å². The predicted octanol–water partition coefficient (Wildman–Crippen LogP) is 9.89. The molecule has 1 rings (SSSR count). The van der Waals surface area contributed by atoms with Gasteiger partial charge in [-0.1, -0.05) is 177 Å². The van der Waals surface area contributed by atoms with Crippen LogP contribution in [-0.2, 0) is 38.7 Å². The third-order valence-electron chi connectivity index (χ3n) is 10.3. The van der Waals surface area contributed by atoms with Crippen LogP contribution in [0.15, 0.2) is 72.9 Å². The largest absolute Gasteiger partial charge is 0.462 e. The number of allylic oxidation sites excluding steroid dienone is 12. The van der Waals surface area contributed by atoms with Gasteiger partial charge in [-0.15, -0.1) is 0 Å². The maximum absolute atomic E-state index is 12.8. The minimum absolute atomic E-state index is 0.0919. The molecule has 6 atom stereocenters. The molecule has 0 bridgehead atoms. The second kappa shape index (κ2) is 38.5. The first-order valence-corrected chi connectivity index (χ1v) is 25.1. The van der Waals surface area contributed by atoms with E-state index in [-0.39, 0.29) is 19.4 Å². The molecule has 13 heteroatoms. The summed E-state index contributed by atoms with van der Waals surface area (Å²) in [6.45, 7) is 3.58. The molecule has 1 heterocycles. The quantitative estimate of drug-likeness (QED) is 0.0199. The van der Waals surface area contributed by atoms with Crippen molar-refractivity contribution in [1.29, 1.82) is 0 Å². The number of esters is 2. The molecule has 0 spiro atoms. The van der Waals surface area contributed by atoms with Gasteiger partial charge in [-0.2, -0.15) is 8.42 Å². The lowest BCUT2D eigenvalue weighted by atomic mass is 10.00. The Balaban J connectivity index is 2.48. The van der Waals surface area contributed by atoms with E-state index < -0.39 is 71.2 Å². The smallest absolute Gasteiger partial charge is 0.306 e. The average molecular weight is 895 g/mol. The molecule has 0 saturated carbocycles. The van der Waals surface area contributed by atoms with Gasteiger partial charge in [0.15, 0.2) is 12.4 Å². The van der Waals surface area contributed by atoms with E-state index in [1.807, 2.05) is 12.2 Å². The van der Waals surface area contributed by atoms with E-state index in [4.69, 9.17) is 18.9 Å². The summed E-state index contributed by atoms with van der Waals surface area (Å²) in [5.74, 6) is -2.09. The van der Waals surface area contributed by atoms with E-state index in [1.165, 1.54) is 70.6 Å². The molecule has 1 aliphatic heterocycles. The minimum atomic E-state index is -4.61. The summed E-state index contributed by atoms with van der Waals surface area (Å²) in [6, 6.07) is 0. The number of rotatable bonds is 38. The van der Waals surface area contributed by atoms with Crippen LogP contribution in [0, 0.1) is 0 Å². The number of aliphatic hydroxyl groups excluding tert-OH is 3. The summed E-state index contributed by atoms with van der Waals surface area (Å²) in [5, 5.41) is 30.9. The lowest BCUT2D eigenvalue weighted by molar-refractivity contribution is -0.297. The number of ether oxygens (including phenoxy) is 4. The summed E-state index contributed by atoms with van der Waals surface area (Å²) in [6.07, 6.45) is 39.6. The maximum Gasteiger partial charge on any atom is 0.306 e. The zero-order valence-electron chi connectivity index (χ0n) is 37.9. The molecule has 1 aliphatic rings. The molecular weight excluding hydrogens is 813 g/mol. The fourth-order valence-electron chi connectivity index (χ4n) is 6.70. The van der Waals surface area contributed by atoms with Crippen LogP contribution >= 0.6 is 0 Å². The van der Waals surface area contributed by atoms with E-state index in [2.05, 4.69) is 74.6 Å². The summed E-state index contributed by atoms with van der Waals surface area (Å²) in [7, 11) is -4.61. The van der Waals surface area contributed by atoms with E-state index >= 15 is 0 Å². The second-order valence-electron chi connectivity index (χ2n) is 16.0. The van der Waals surface area contributed by atoms with Crippen molar-refractivity contribution in [2.24, 2.45) is 0 Å². The Hall–Kier alpha value is -2.91. The van der Waals surface area contributed by atoms with Crippen molar-refractivity contribution < 1.29 is 56.8 Å². The molecule has 4 N–H and O–H groups in total. The highest BCUT2D eigenvalue weighted by molar-refractivity contribution is 7.85. The van der Waals surface area contributed by atoms with E-state index in [0.717, 1.165) is 57.8 Å². The summed E-state index contributed by atoms with van der Waals surface area (Å²) < 4.78 is 54.0. The molecule has 0 radical (unpaired) electrons. The highest BCUT2D eigenvalue weighted by Crippen LogP contribution is 2.24. The van der Waals surface area contributed by atoms with Gasteiger partial charge < -0.3 is 34.3 Å². The number of carbonyl (C=O) groups is 2. The number of unbranched alkanes of at least 4 members (excludes halogenated alkanes) is 14. The zero-order chi connectivity index (χ0) is 45.5. The van der Waals surface area contributed by atoms with Crippen LogP contribution in [0.5, 0.6) is 0 Å². The minimum Gasteiger partial charge on any atom is -0.462 e. The van der Waals surface area contributed by atoms with Crippen LogP contribution in [0.25, 0.3) is 0 Å². The van der Waals surface area contributed by atoms with Crippen LogP contribution in [0.4, 0.5) is 0 Å². The zero-order valence-corrected chi connectivity index (χ0v) is 38.8. The highest BCUT2D eigenvalue weighted by Gasteiger charge is 2.46. The van der Waals surface area contributed by atoms with Gasteiger partial charge in [-0.25, -0.2) is 0 Å². The Morgan fingerprint density at radius 3 is 1.48 bits per heavy atom. The van der Waals surface area contributed by atoms with Crippen LogP contribution in [-0.4, -0.2) is 96.0 Å². The molecule has 1 saturated heterocycles. The molecule has 0 aromatic rings. The SMILES string of the molecule is CC/C=C/C/C=C/C/C=C/C/C=C/C/C=C/C/C=C/CCC(=O)OC[C@H](CO[C@H]1O[C@H](CS(=O)(=O)O)[C@@H](O)C(O)C1O)OC(=O)CCCCCCCCCCCCCCCCC. The summed E-state index contributed by atoms with van der Waals surface area (Å²) in [5.41, 5.74) is 0. The molecule has 0 aromatic heterocycles. The van der Waals surface area contributed by atoms with Gasteiger partial charge in [-0.3, -0.25) is 14.1 Å². The first-order chi connectivity index (χ1) is 30.0. The first kappa shape index (κ1) is 57.1. The topological polar surface area (TPSA) is 186 Å². The van der Waals surface area contributed by atoms with Crippen LogP contribution in [0.3, 0.4) is 0 Å². The Bertz CT molecular complexity index is 1420. The van der Waals surface area contributed by atoms with Gasteiger partial charge in [0.2, 0.25) is 0 Å². The molecule has 356 valence electrons. The number of hydrogen-bond acceptors (Lipinski definition) is 11. The van der Waals surface area contributed by atoms with Gasteiger partial charge in [0, 0.05) is 12.8 Å². The van der Waals surface area contributed by atoms with Crippen LogP contribution in [0.2, 0.25) is 0 Å². The third kappa shape index (κ3) is 32.7. The highest BCUT2D eigenvalue weighted by atomic mass is 32.2. The predicted molar refractivity (Wildman–Crippen MR) is 247 cm³/mol. The third-order valence-corrected chi connectivity index (χ3v) is 11.1. The number of carbonyl (C=O) groups excluding carboxylic acids is 2. The average Bonchev–Trinajstić information content (AvgIpc) is 3.24. The van der Waals surface area contributed by atoms with Crippen molar-refractivity contribution in [3.8, 4) is 0 Å². The van der Waals surface area contributed by atoms with Crippen LogP contribution in [0.1, 0.15) is 168 Å². The summed E-state index contributed by atoms with van der Waals surface area (Å²) in [4.78, 5) is 25.4. The van der Waals surface area contributed by atoms with Crippen LogP contribution < -0.4 is 0 Å². The van der Waals surface area contributed by atoms with Crippen molar-refractivity contribution in [2.75, 3.05) is 19.0 Å². The van der Waals surface area contributed by atoms with Crippen molar-refractivity contribution >= 4 is 22.1 Å². The maximum atomic E-state index is 12.8. The Labute approximate surface area is 374 Å². The van der Waals surface area contributed by atoms with Crippen molar-refractivity contribution in [1.82, 2.24) is 0 Å². The fourth-order valence-corrected chi connectivity index (χ4v) is 7.39. The van der Waals surface area contributed by atoms with Crippen molar-refractivity contribution in [2.45, 2.75) is 205 Å². The van der Waals surface area contributed by atoms with E-state index in [1.54, 1.807) is 0 Å². The Kier molecular flexibility index (Phi) is 35.5. The molecule has 62 heavy (non-hydrogen) atoms. The number of aliphatic hydroxyl groups is 3. The van der Waals surface area contributed by atoms with E-state index in [9.17, 15) is 37.9 Å². The Morgan fingerprint density at radius 1 is 0.565 bits per heavy atom. The molecule has 0 aliphatic carbocycles. The van der Waals surface area contributed by atoms with E-state index in [0.29, 0.717) is 12.8 Å². The molecule has 0 amide bonds. The van der Waals surface area contributed by atoms with Gasteiger partial charge >= 0.3 is 11.9 Å².